The zero-order valence-corrected chi connectivity index (χ0v) is 35.9. The fraction of sp³-hybridized carbons (Fsp3) is 0.364. The molecular formula is C44H58N2O10S2. The van der Waals surface area contributed by atoms with E-state index in [1.54, 1.807) is 90.8 Å². The number of rotatable bonds is 22. The normalized spacial score (nSPS) is 13.7. The quantitative estimate of drug-likeness (QED) is 0.0817. The SMILES string of the molecule is C=C[C@H](O)C[C@@H](C)S(=O)(=O)N(Cc1ccc(OC)cc1)Cc1ccc(OC)cc1.C=C[C@H](O)C[C@H](C)S(=O)(=O)N(Cc1ccc(OC)cc1)Cc1ccc(OC)cc1. The van der Waals surface area contributed by atoms with Gasteiger partial charge in [-0.2, -0.15) is 8.61 Å². The molecule has 0 saturated heterocycles. The average molecular weight is 839 g/mol. The van der Waals surface area contributed by atoms with E-state index >= 15 is 0 Å². The molecule has 0 radical (unpaired) electrons. The molecule has 2 N–H and O–H groups in total. The molecule has 4 atom stereocenters. The molecule has 0 aliphatic carbocycles. The molecule has 0 saturated carbocycles. The Morgan fingerprint density at radius 1 is 0.483 bits per heavy atom. The number of hydrogen-bond donors (Lipinski definition) is 2. The first-order valence-corrected chi connectivity index (χ1v) is 21.7. The van der Waals surface area contributed by atoms with Crippen LogP contribution in [0.25, 0.3) is 0 Å². The number of methoxy groups -OCH3 is 4. The fourth-order valence-electron chi connectivity index (χ4n) is 5.83. The standard InChI is InChI=1S/2C22H29NO5S/c2*1-5-20(24)14-17(2)29(25,26)23(15-18-6-10-21(27-3)11-7-18)16-19-8-12-22(28-4)13-9-19/h2*5-13,17,20,24H,1,14-16H2,2-4H3/t17-,20+;17-,20-/m10/s1. The van der Waals surface area contributed by atoms with Crippen LogP contribution < -0.4 is 18.9 Å². The molecule has 14 heteroatoms. The molecule has 4 aromatic rings. The molecule has 58 heavy (non-hydrogen) atoms. The van der Waals surface area contributed by atoms with Crippen LogP contribution in [0.2, 0.25) is 0 Å². The molecule has 0 bridgehead atoms. The van der Waals surface area contributed by atoms with Crippen molar-refractivity contribution in [2.45, 2.75) is 75.6 Å². The number of nitrogens with zero attached hydrogens (tertiary/aromatic N) is 2. The lowest BCUT2D eigenvalue weighted by Crippen LogP contribution is -2.38. The summed E-state index contributed by atoms with van der Waals surface area (Å²) >= 11 is 0. The van der Waals surface area contributed by atoms with Gasteiger partial charge in [0.1, 0.15) is 23.0 Å². The minimum Gasteiger partial charge on any atom is -0.497 e. The van der Waals surface area contributed by atoms with Gasteiger partial charge in [-0.1, -0.05) is 60.7 Å². The molecule has 0 spiro atoms. The Bertz CT molecular complexity index is 1810. The van der Waals surface area contributed by atoms with Crippen LogP contribution in [0.5, 0.6) is 23.0 Å². The smallest absolute Gasteiger partial charge is 0.217 e. The highest BCUT2D eigenvalue weighted by Crippen LogP contribution is 2.25. The van der Waals surface area contributed by atoms with Gasteiger partial charge < -0.3 is 29.2 Å². The summed E-state index contributed by atoms with van der Waals surface area (Å²) in [6.45, 7) is 11.1. The fourth-order valence-corrected chi connectivity index (χ4v) is 9.05. The van der Waals surface area contributed by atoms with Gasteiger partial charge in [0.15, 0.2) is 0 Å². The van der Waals surface area contributed by atoms with Gasteiger partial charge in [-0.3, -0.25) is 0 Å². The number of aliphatic hydroxyl groups is 2. The third kappa shape index (κ3) is 14.3. The van der Waals surface area contributed by atoms with Crippen LogP contribution in [-0.2, 0) is 46.2 Å². The van der Waals surface area contributed by atoms with Crippen molar-refractivity contribution >= 4 is 20.0 Å². The van der Waals surface area contributed by atoms with Crippen molar-refractivity contribution in [1.82, 2.24) is 8.61 Å². The second-order valence-corrected chi connectivity index (χ2v) is 18.4. The van der Waals surface area contributed by atoms with Gasteiger partial charge in [0.2, 0.25) is 20.0 Å². The Morgan fingerprint density at radius 2 is 0.690 bits per heavy atom. The summed E-state index contributed by atoms with van der Waals surface area (Å²) in [5.74, 6) is 2.84. The average Bonchev–Trinajstić information content (AvgIpc) is 3.24. The Balaban J connectivity index is 0.000000310. The maximum atomic E-state index is 13.3. The van der Waals surface area contributed by atoms with E-state index in [2.05, 4.69) is 13.2 Å². The van der Waals surface area contributed by atoms with Crippen LogP contribution in [0, 0.1) is 0 Å². The molecule has 0 heterocycles. The number of sulfonamides is 2. The topological polar surface area (TPSA) is 152 Å². The van der Waals surface area contributed by atoms with Crippen LogP contribution in [-0.4, -0.2) is 86.8 Å². The van der Waals surface area contributed by atoms with Gasteiger partial charge in [0.25, 0.3) is 0 Å². The highest BCUT2D eigenvalue weighted by Gasteiger charge is 2.31. The first-order chi connectivity index (χ1) is 27.6. The lowest BCUT2D eigenvalue weighted by Gasteiger charge is -2.27. The summed E-state index contributed by atoms with van der Waals surface area (Å²) in [6.07, 6.45) is 1.14. The van der Waals surface area contributed by atoms with Crippen molar-refractivity contribution < 1.29 is 46.0 Å². The van der Waals surface area contributed by atoms with Gasteiger partial charge in [0.05, 0.1) is 51.1 Å². The van der Waals surface area contributed by atoms with E-state index in [0.29, 0.717) is 23.0 Å². The minimum atomic E-state index is -3.67. The van der Waals surface area contributed by atoms with Crippen LogP contribution in [0.3, 0.4) is 0 Å². The lowest BCUT2D eigenvalue weighted by molar-refractivity contribution is 0.210. The maximum Gasteiger partial charge on any atom is 0.217 e. The van der Waals surface area contributed by atoms with Gasteiger partial charge >= 0.3 is 0 Å². The second-order valence-electron chi connectivity index (χ2n) is 13.7. The Kier molecular flexibility index (Phi) is 18.9. The molecule has 0 aliphatic heterocycles. The summed E-state index contributed by atoms with van der Waals surface area (Å²) < 4.78 is 76.6. The molecule has 0 aromatic heterocycles. The maximum absolute atomic E-state index is 13.3. The first kappa shape index (κ1) is 47.7. The number of hydrogen-bond acceptors (Lipinski definition) is 10. The van der Waals surface area contributed by atoms with E-state index in [9.17, 15) is 27.0 Å². The van der Waals surface area contributed by atoms with E-state index in [1.165, 1.54) is 20.8 Å². The van der Waals surface area contributed by atoms with Gasteiger partial charge in [-0.25, -0.2) is 16.8 Å². The zero-order chi connectivity index (χ0) is 42.9. The van der Waals surface area contributed by atoms with Crippen LogP contribution in [0.4, 0.5) is 0 Å². The lowest BCUT2D eigenvalue weighted by atomic mass is 10.2. The highest BCUT2D eigenvalue weighted by atomic mass is 32.2. The second kappa shape index (κ2) is 23.0. The number of benzene rings is 4. The van der Waals surface area contributed by atoms with E-state index in [0.717, 1.165) is 22.3 Å². The van der Waals surface area contributed by atoms with Crippen molar-refractivity contribution in [2.75, 3.05) is 28.4 Å². The van der Waals surface area contributed by atoms with E-state index in [-0.39, 0.29) is 39.0 Å². The molecule has 0 fully saturated rings. The Labute approximate surface area is 345 Å². The van der Waals surface area contributed by atoms with Crippen LogP contribution in [0.15, 0.2) is 122 Å². The molecule has 0 unspecified atom stereocenters. The van der Waals surface area contributed by atoms with Crippen molar-refractivity contribution in [3.63, 3.8) is 0 Å². The third-order valence-electron chi connectivity index (χ3n) is 9.50. The number of ether oxygens (including phenoxy) is 4. The van der Waals surface area contributed by atoms with Crippen molar-refractivity contribution in [2.24, 2.45) is 0 Å². The van der Waals surface area contributed by atoms with Crippen LogP contribution >= 0.6 is 0 Å². The molecule has 0 aliphatic rings. The Hall–Kier alpha value is -4.70. The van der Waals surface area contributed by atoms with Crippen LogP contribution in [0.1, 0.15) is 48.9 Å². The zero-order valence-electron chi connectivity index (χ0n) is 34.2. The molecular weight excluding hydrogens is 781 g/mol. The van der Waals surface area contributed by atoms with E-state index in [1.807, 2.05) is 48.5 Å². The minimum absolute atomic E-state index is 0.0908. The number of aliphatic hydroxyl groups excluding tert-OH is 2. The van der Waals surface area contributed by atoms with E-state index < -0.39 is 42.8 Å². The van der Waals surface area contributed by atoms with Crippen molar-refractivity contribution in [1.29, 1.82) is 0 Å². The molecule has 0 amide bonds. The highest BCUT2D eigenvalue weighted by molar-refractivity contribution is 7.89. The van der Waals surface area contributed by atoms with Crippen molar-refractivity contribution in [3.05, 3.63) is 145 Å². The summed E-state index contributed by atoms with van der Waals surface area (Å²) in [5.41, 5.74) is 3.39. The summed E-state index contributed by atoms with van der Waals surface area (Å²) in [7, 11) is -1.00. The first-order valence-electron chi connectivity index (χ1n) is 18.7. The molecule has 12 nitrogen and oxygen atoms in total. The predicted molar refractivity (Wildman–Crippen MR) is 229 cm³/mol. The van der Waals surface area contributed by atoms with Crippen molar-refractivity contribution in [3.8, 4) is 23.0 Å². The van der Waals surface area contributed by atoms with Gasteiger partial charge in [-0.05, 0) is 97.5 Å². The third-order valence-corrected chi connectivity index (χ3v) is 13.9. The summed E-state index contributed by atoms with van der Waals surface area (Å²) in [5, 5.41) is 18.2. The monoisotopic (exact) mass is 838 g/mol. The molecule has 4 rings (SSSR count). The van der Waals surface area contributed by atoms with E-state index in [4.69, 9.17) is 18.9 Å². The largest absolute Gasteiger partial charge is 0.497 e. The summed E-state index contributed by atoms with van der Waals surface area (Å²) in [6, 6.07) is 29.2. The van der Waals surface area contributed by atoms with Gasteiger partial charge in [0, 0.05) is 26.2 Å². The molecule has 4 aromatic carbocycles. The summed E-state index contributed by atoms with van der Waals surface area (Å²) in [4.78, 5) is 0. The predicted octanol–water partition coefficient (Wildman–Crippen LogP) is 6.72. The van der Waals surface area contributed by atoms with Gasteiger partial charge in [-0.15, -0.1) is 13.2 Å². The molecule has 316 valence electrons. The Morgan fingerprint density at radius 3 is 0.862 bits per heavy atom.